The molecule has 8 rings (SSSR count). The van der Waals surface area contributed by atoms with Crippen LogP contribution in [0.25, 0.3) is 12.2 Å². The number of carboxylic acid groups (broad SMARTS) is 1. The zero-order valence-corrected chi connectivity index (χ0v) is 42.5. The maximum Gasteiger partial charge on any atom is 0.332 e. The Bertz CT molecular complexity index is 2350. The summed E-state index contributed by atoms with van der Waals surface area (Å²) in [6, 6.07) is 26.1. The van der Waals surface area contributed by atoms with Gasteiger partial charge in [-0.2, -0.15) is 0 Å². The van der Waals surface area contributed by atoms with Crippen molar-refractivity contribution < 1.29 is 38.4 Å². The summed E-state index contributed by atoms with van der Waals surface area (Å²) in [5.41, 5.74) is 11.2. The highest BCUT2D eigenvalue weighted by Crippen LogP contribution is 2.36. The van der Waals surface area contributed by atoms with E-state index in [0.29, 0.717) is 23.6 Å². The molecule has 0 aromatic heterocycles. The lowest BCUT2D eigenvalue weighted by molar-refractivity contribution is -0.132. The first kappa shape index (κ1) is 52.8. The van der Waals surface area contributed by atoms with E-state index in [9.17, 15) is 9.59 Å². The van der Waals surface area contributed by atoms with Crippen LogP contribution in [0.1, 0.15) is 36.8 Å². The average Bonchev–Trinajstić information content (AvgIpc) is 3.40. The molecule has 0 saturated carbocycles. The third-order valence-electron chi connectivity index (χ3n) is 12.4. The van der Waals surface area contributed by atoms with E-state index in [1.165, 1.54) is 41.0 Å². The third kappa shape index (κ3) is 15.7. The predicted molar refractivity (Wildman–Crippen MR) is 281 cm³/mol. The molecule has 372 valence electrons. The highest BCUT2D eigenvalue weighted by molar-refractivity contribution is 8.00. The second kappa shape index (κ2) is 27.6. The standard InChI is InChI=1S/C27H35N3O4S.C15H25N3O.C11H10O3S/c1-32-23-7-9-26-20(17-23)16-21(19-35-26)27(31)28-10-4-5-11-29-12-14-30(15-13-29)22-6-8-24(33-2)25(18-22)34-3;1-19-15-6-4-5-14(13-15)18-11-9-17(10-12-18)8-3-2-7-16;1-14-9-2-3-10-7(5-9)4-8(6-15-10)11(12)13/h6-9,16-18H,4-5,10-15,19H2,1-3H3,(H,28,31);4-6,13H,2-3,7-12,16H2,1H3;2-5H,6H2,1H3,(H,12,13). The molecule has 4 aliphatic heterocycles. The largest absolute Gasteiger partial charge is 0.497 e. The Labute approximate surface area is 417 Å². The van der Waals surface area contributed by atoms with Crippen LogP contribution in [0.4, 0.5) is 11.4 Å². The molecule has 4 aromatic carbocycles. The fourth-order valence-corrected chi connectivity index (χ4v) is 10.3. The molecule has 4 aliphatic rings. The zero-order chi connectivity index (χ0) is 49.0. The summed E-state index contributed by atoms with van der Waals surface area (Å²) >= 11 is 3.24. The van der Waals surface area contributed by atoms with E-state index in [-0.39, 0.29) is 5.91 Å². The van der Waals surface area contributed by atoms with Gasteiger partial charge in [0, 0.05) is 115 Å². The molecular weight excluding hydrogens is 913 g/mol. The lowest BCUT2D eigenvalue weighted by atomic mass is 10.1. The number of ether oxygens (including phenoxy) is 5. The number of nitrogens with two attached hydrogens (primary N) is 1. The van der Waals surface area contributed by atoms with E-state index in [0.717, 1.165) is 135 Å². The lowest BCUT2D eigenvalue weighted by Gasteiger charge is -2.36. The van der Waals surface area contributed by atoms with Gasteiger partial charge in [-0.3, -0.25) is 14.6 Å². The van der Waals surface area contributed by atoms with E-state index in [4.69, 9.17) is 34.5 Å². The normalized spacial score (nSPS) is 15.6. The molecule has 4 heterocycles. The number of aliphatic carboxylic acids is 1. The van der Waals surface area contributed by atoms with Crippen molar-refractivity contribution in [1.29, 1.82) is 0 Å². The molecule has 4 N–H and O–H groups in total. The van der Waals surface area contributed by atoms with Crippen molar-refractivity contribution in [3.8, 4) is 28.7 Å². The number of fused-ring (bicyclic) bond motifs is 2. The first-order valence-electron chi connectivity index (χ1n) is 23.7. The minimum Gasteiger partial charge on any atom is -0.497 e. The Balaban J connectivity index is 0.000000192. The van der Waals surface area contributed by atoms with Gasteiger partial charge in [-0.05, 0) is 129 Å². The number of hydrogen-bond donors (Lipinski definition) is 3. The van der Waals surface area contributed by atoms with Crippen molar-refractivity contribution in [2.45, 2.75) is 35.5 Å². The summed E-state index contributed by atoms with van der Waals surface area (Å²) in [5.74, 6) is 4.42. The van der Waals surface area contributed by atoms with Gasteiger partial charge in [0.05, 0.1) is 35.5 Å². The average molecular weight is 983 g/mol. The summed E-state index contributed by atoms with van der Waals surface area (Å²) < 4.78 is 26.5. The number of carbonyl (C=O) groups is 2. The van der Waals surface area contributed by atoms with E-state index < -0.39 is 5.97 Å². The molecule has 16 heteroatoms. The number of piperazine rings is 2. The Morgan fingerprint density at radius 2 is 1.10 bits per heavy atom. The van der Waals surface area contributed by atoms with Gasteiger partial charge < -0.3 is 49.6 Å². The Morgan fingerprint density at radius 3 is 1.64 bits per heavy atom. The van der Waals surface area contributed by atoms with Crippen molar-refractivity contribution in [2.75, 3.05) is 135 Å². The molecule has 1 amide bonds. The van der Waals surface area contributed by atoms with Crippen LogP contribution in [0.5, 0.6) is 28.7 Å². The second-order valence-corrected chi connectivity index (χ2v) is 18.9. The maximum absolute atomic E-state index is 12.6. The molecule has 2 saturated heterocycles. The molecule has 0 unspecified atom stereocenters. The number of unbranched alkanes of at least 4 members (excludes halogenated alkanes) is 2. The molecule has 0 radical (unpaired) electrons. The predicted octanol–water partition coefficient (Wildman–Crippen LogP) is 7.75. The SMILES string of the molecule is COc1ccc2c(c1)C=C(C(=O)NCCCCN1CCN(c3ccc(OC)c(OC)c3)CC1)CS2.COc1ccc2c(c1)C=C(C(=O)O)CS2.COc1cccc(N2CCN(CCCCN)CC2)c1. The molecule has 4 aromatic rings. The molecule has 14 nitrogen and oxygen atoms in total. The number of methoxy groups -OCH3 is 5. The number of carbonyl (C=O) groups excluding carboxylic acids is 1. The van der Waals surface area contributed by atoms with E-state index >= 15 is 0 Å². The number of nitrogens with zero attached hydrogens (tertiary/aromatic N) is 4. The smallest absolute Gasteiger partial charge is 0.332 e. The maximum atomic E-state index is 12.6. The Kier molecular flexibility index (Phi) is 21.1. The molecule has 0 bridgehead atoms. The first-order chi connectivity index (χ1) is 33.6. The highest BCUT2D eigenvalue weighted by Gasteiger charge is 2.21. The van der Waals surface area contributed by atoms with Gasteiger partial charge in [-0.15, -0.1) is 23.5 Å². The number of amides is 1. The molecule has 0 spiro atoms. The van der Waals surface area contributed by atoms with E-state index in [2.05, 4.69) is 55.2 Å². The van der Waals surface area contributed by atoms with Crippen LogP contribution in [-0.4, -0.2) is 152 Å². The number of anilines is 2. The molecule has 0 atom stereocenters. The van der Waals surface area contributed by atoms with Crippen LogP contribution < -0.4 is 44.5 Å². The number of hydrogen-bond acceptors (Lipinski definition) is 14. The van der Waals surface area contributed by atoms with Gasteiger partial charge in [-0.1, -0.05) is 6.07 Å². The van der Waals surface area contributed by atoms with Gasteiger partial charge in [-0.25, -0.2) is 4.79 Å². The van der Waals surface area contributed by atoms with Gasteiger partial charge in [0.25, 0.3) is 0 Å². The van der Waals surface area contributed by atoms with Gasteiger partial charge in [0.2, 0.25) is 5.91 Å². The van der Waals surface area contributed by atoms with Gasteiger partial charge in [0.1, 0.15) is 17.2 Å². The van der Waals surface area contributed by atoms with Crippen LogP contribution >= 0.6 is 23.5 Å². The number of benzene rings is 4. The topological polar surface area (TPSA) is 152 Å². The molecule has 2 fully saturated rings. The van der Waals surface area contributed by atoms with Gasteiger partial charge in [0.15, 0.2) is 11.5 Å². The lowest BCUT2D eigenvalue weighted by Crippen LogP contribution is -2.46. The minimum absolute atomic E-state index is 0.0366. The number of rotatable bonds is 18. The fraction of sp³-hybridized carbons (Fsp3) is 0.434. The van der Waals surface area contributed by atoms with Crippen molar-refractivity contribution in [1.82, 2.24) is 15.1 Å². The van der Waals surface area contributed by atoms with Crippen molar-refractivity contribution >= 4 is 58.9 Å². The molecule has 69 heavy (non-hydrogen) atoms. The summed E-state index contributed by atoms with van der Waals surface area (Å²) in [6.45, 7) is 12.3. The van der Waals surface area contributed by atoms with Crippen LogP contribution in [0, 0.1) is 0 Å². The third-order valence-corrected chi connectivity index (χ3v) is 14.7. The van der Waals surface area contributed by atoms with Crippen molar-refractivity contribution in [3.63, 3.8) is 0 Å². The fourth-order valence-electron chi connectivity index (χ4n) is 8.36. The Morgan fingerprint density at radius 1 is 0.580 bits per heavy atom. The summed E-state index contributed by atoms with van der Waals surface area (Å²) in [7, 11) is 8.30. The number of nitrogens with one attached hydrogen (secondary N) is 1. The van der Waals surface area contributed by atoms with E-state index in [1.54, 1.807) is 53.4 Å². The van der Waals surface area contributed by atoms with Crippen LogP contribution in [0.3, 0.4) is 0 Å². The summed E-state index contributed by atoms with van der Waals surface area (Å²) in [5, 5.41) is 12.0. The zero-order valence-electron chi connectivity index (χ0n) is 40.9. The summed E-state index contributed by atoms with van der Waals surface area (Å²) in [6.07, 6.45) is 8.10. The molecule has 0 aliphatic carbocycles. The van der Waals surface area contributed by atoms with Crippen LogP contribution in [-0.2, 0) is 9.59 Å². The Hall–Kier alpha value is -5.52. The summed E-state index contributed by atoms with van der Waals surface area (Å²) in [4.78, 5) is 35.6. The monoisotopic (exact) mass is 982 g/mol. The first-order valence-corrected chi connectivity index (χ1v) is 25.7. The number of carboxylic acids is 1. The quantitative estimate of drug-likeness (QED) is 0.0834. The van der Waals surface area contributed by atoms with Crippen LogP contribution in [0.2, 0.25) is 0 Å². The molecular formula is C53H70N6O8S2. The van der Waals surface area contributed by atoms with Crippen molar-refractivity contribution in [2.24, 2.45) is 5.73 Å². The second-order valence-electron chi connectivity index (χ2n) is 16.9. The van der Waals surface area contributed by atoms with E-state index in [1.807, 2.05) is 54.6 Å². The van der Waals surface area contributed by atoms with Crippen molar-refractivity contribution in [3.05, 3.63) is 101 Å². The number of thioether (sulfide) groups is 2. The minimum atomic E-state index is -0.851. The van der Waals surface area contributed by atoms with Gasteiger partial charge >= 0.3 is 5.97 Å². The van der Waals surface area contributed by atoms with Crippen LogP contribution in [0.15, 0.2) is 99.8 Å². The highest BCUT2D eigenvalue weighted by atomic mass is 32.2.